The first-order valence-electron chi connectivity index (χ1n) is 8.93. The molecule has 0 aliphatic rings. The van der Waals surface area contributed by atoms with Crippen molar-refractivity contribution in [1.29, 1.82) is 0 Å². The fourth-order valence-corrected chi connectivity index (χ4v) is 4.09. The monoisotopic (exact) mass is 391 g/mol. The molecule has 1 atom stereocenters. The standard InChI is InChI=1S/C19H25N3O4S/c1-3-5-11-17(19(23)24)21-18-13-12-16(14-20-18)27(25,26)22(4-2)15-9-7-6-8-10-15/h6-10,12-14,17H,3-5,11H2,1-2H3,(H,20,21)(H,23,24). The van der Waals surface area contributed by atoms with Crippen LogP contribution < -0.4 is 9.62 Å². The number of carbonyl (C=O) groups is 1. The fraction of sp³-hybridized carbons (Fsp3) is 0.368. The lowest BCUT2D eigenvalue weighted by atomic mass is 10.1. The number of pyridine rings is 1. The lowest BCUT2D eigenvalue weighted by molar-refractivity contribution is -0.138. The molecular weight excluding hydrogens is 366 g/mol. The number of hydrogen-bond acceptors (Lipinski definition) is 5. The van der Waals surface area contributed by atoms with E-state index in [2.05, 4.69) is 10.3 Å². The van der Waals surface area contributed by atoms with Gasteiger partial charge in [0.05, 0.1) is 5.69 Å². The number of aliphatic carboxylic acids is 1. The minimum absolute atomic E-state index is 0.0548. The summed E-state index contributed by atoms with van der Waals surface area (Å²) in [5, 5.41) is 12.1. The van der Waals surface area contributed by atoms with Gasteiger partial charge in [-0.05, 0) is 37.6 Å². The smallest absolute Gasteiger partial charge is 0.326 e. The lowest BCUT2D eigenvalue weighted by Crippen LogP contribution is -2.31. The molecule has 0 fully saturated rings. The van der Waals surface area contributed by atoms with Crippen molar-refractivity contribution in [2.75, 3.05) is 16.2 Å². The van der Waals surface area contributed by atoms with Crippen molar-refractivity contribution in [3.63, 3.8) is 0 Å². The molecule has 0 aliphatic carbocycles. The number of nitrogens with zero attached hydrogens (tertiary/aromatic N) is 2. The zero-order valence-electron chi connectivity index (χ0n) is 15.5. The molecule has 2 rings (SSSR count). The van der Waals surface area contributed by atoms with E-state index < -0.39 is 22.0 Å². The number of unbranched alkanes of at least 4 members (excludes halogenated alkanes) is 1. The SMILES string of the molecule is CCCCC(Nc1ccc(S(=O)(=O)N(CC)c2ccccc2)cn1)C(=O)O. The second-order valence-electron chi connectivity index (χ2n) is 6.06. The summed E-state index contributed by atoms with van der Waals surface area (Å²) in [6.07, 6.45) is 3.40. The number of rotatable bonds is 10. The van der Waals surface area contributed by atoms with Crippen molar-refractivity contribution in [2.24, 2.45) is 0 Å². The van der Waals surface area contributed by atoms with Gasteiger partial charge in [-0.2, -0.15) is 0 Å². The summed E-state index contributed by atoms with van der Waals surface area (Å²) in [6, 6.07) is 11.0. The van der Waals surface area contributed by atoms with Crippen molar-refractivity contribution in [3.05, 3.63) is 48.7 Å². The highest BCUT2D eigenvalue weighted by molar-refractivity contribution is 7.92. The molecule has 7 nitrogen and oxygen atoms in total. The third-order valence-corrected chi connectivity index (χ3v) is 6.01. The number of carboxylic acid groups (broad SMARTS) is 1. The van der Waals surface area contributed by atoms with E-state index in [1.54, 1.807) is 31.2 Å². The fourth-order valence-electron chi connectivity index (χ4n) is 2.68. The van der Waals surface area contributed by atoms with E-state index in [9.17, 15) is 18.3 Å². The Labute approximate surface area is 160 Å². The van der Waals surface area contributed by atoms with Crippen LogP contribution in [0.25, 0.3) is 0 Å². The molecule has 8 heteroatoms. The third kappa shape index (κ3) is 5.19. The summed E-state index contributed by atoms with van der Waals surface area (Å²) >= 11 is 0. The minimum Gasteiger partial charge on any atom is -0.480 e. The van der Waals surface area contributed by atoms with Gasteiger partial charge in [-0.25, -0.2) is 18.2 Å². The molecular formula is C19H25N3O4S. The Morgan fingerprint density at radius 2 is 1.89 bits per heavy atom. The topological polar surface area (TPSA) is 99.6 Å². The number of benzene rings is 1. The molecule has 2 aromatic rings. The molecule has 0 saturated heterocycles. The van der Waals surface area contributed by atoms with Crippen molar-refractivity contribution in [3.8, 4) is 0 Å². The largest absolute Gasteiger partial charge is 0.480 e. The van der Waals surface area contributed by atoms with Crippen LogP contribution in [-0.4, -0.2) is 37.1 Å². The maximum Gasteiger partial charge on any atom is 0.326 e. The Bertz CT molecular complexity index is 839. The summed E-state index contributed by atoms with van der Waals surface area (Å²) in [5.41, 5.74) is 0.577. The van der Waals surface area contributed by atoms with Gasteiger partial charge in [-0.15, -0.1) is 0 Å². The Morgan fingerprint density at radius 3 is 2.41 bits per heavy atom. The quantitative estimate of drug-likeness (QED) is 0.644. The Morgan fingerprint density at radius 1 is 1.19 bits per heavy atom. The van der Waals surface area contributed by atoms with E-state index in [0.29, 0.717) is 17.9 Å². The van der Waals surface area contributed by atoms with Crippen LogP contribution in [0.15, 0.2) is 53.6 Å². The maximum absolute atomic E-state index is 12.9. The van der Waals surface area contributed by atoms with Gasteiger partial charge in [0.25, 0.3) is 10.0 Å². The summed E-state index contributed by atoms with van der Waals surface area (Å²) < 4.78 is 27.1. The molecule has 2 N–H and O–H groups in total. The van der Waals surface area contributed by atoms with Crippen LogP contribution in [0, 0.1) is 0 Å². The predicted molar refractivity (Wildman–Crippen MR) is 105 cm³/mol. The van der Waals surface area contributed by atoms with Crippen LogP contribution in [0.1, 0.15) is 33.1 Å². The highest BCUT2D eigenvalue weighted by Gasteiger charge is 2.24. The van der Waals surface area contributed by atoms with Crippen molar-refractivity contribution in [2.45, 2.75) is 44.0 Å². The molecule has 146 valence electrons. The minimum atomic E-state index is -3.75. The molecule has 27 heavy (non-hydrogen) atoms. The van der Waals surface area contributed by atoms with Crippen LogP contribution in [-0.2, 0) is 14.8 Å². The first-order valence-corrected chi connectivity index (χ1v) is 10.4. The molecule has 0 saturated carbocycles. The van der Waals surface area contributed by atoms with Gasteiger partial charge in [0, 0.05) is 12.7 Å². The second kappa shape index (κ2) is 9.36. The van der Waals surface area contributed by atoms with Gasteiger partial charge in [-0.3, -0.25) is 4.31 Å². The van der Waals surface area contributed by atoms with E-state index in [1.165, 1.54) is 22.6 Å². The van der Waals surface area contributed by atoms with E-state index in [0.717, 1.165) is 12.8 Å². The van der Waals surface area contributed by atoms with Crippen molar-refractivity contribution in [1.82, 2.24) is 4.98 Å². The van der Waals surface area contributed by atoms with Crippen molar-refractivity contribution < 1.29 is 18.3 Å². The number of carboxylic acids is 1. The average molecular weight is 391 g/mol. The number of sulfonamides is 1. The van der Waals surface area contributed by atoms with Crippen LogP contribution in [0.2, 0.25) is 0 Å². The molecule has 0 radical (unpaired) electrons. The average Bonchev–Trinajstić information content (AvgIpc) is 2.66. The molecule has 1 heterocycles. The molecule has 1 aromatic heterocycles. The Balaban J connectivity index is 2.21. The van der Waals surface area contributed by atoms with E-state index in [1.807, 2.05) is 13.0 Å². The van der Waals surface area contributed by atoms with Gasteiger partial charge in [0.15, 0.2) is 0 Å². The summed E-state index contributed by atoms with van der Waals surface area (Å²) in [4.78, 5) is 15.5. The van der Waals surface area contributed by atoms with E-state index >= 15 is 0 Å². The van der Waals surface area contributed by atoms with Crippen LogP contribution in [0.3, 0.4) is 0 Å². The lowest BCUT2D eigenvalue weighted by Gasteiger charge is -2.23. The van der Waals surface area contributed by atoms with Gasteiger partial charge >= 0.3 is 5.97 Å². The first kappa shape index (κ1) is 20.7. The third-order valence-electron chi connectivity index (χ3n) is 4.12. The zero-order valence-corrected chi connectivity index (χ0v) is 16.3. The highest BCUT2D eigenvalue weighted by Crippen LogP contribution is 2.23. The molecule has 0 amide bonds. The Hall–Kier alpha value is -2.61. The van der Waals surface area contributed by atoms with Crippen LogP contribution in [0.4, 0.5) is 11.5 Å². The molecule has 0 aliphatic heterocycles. The molecule has 0 spiro atoms. The van der Waals surface area contributed by atoms with Crippen LogP contribution >= 0.6 is 0 Å². The van der Waals surface area contributed by atoms with E-state index in [4.69, 9.17) is 0 Å². The normalized spacial score (nSPS) is 12.4. The van der Waals surface area contributed by atoms with E-state index in [-0.39, 0.29) is 11.4 Å². The van der Waals surface area contributed by atoms with Gasteiger partial charge in [-0.1, -0.05) is 38.0 Å². The summed E-state index contributed by atoms with van der Waals surface area (Å²) in [6.45, 7) is 4.03. The second-order valence-corrected chi connectivity index (χ2v) is 7.92. The van der Waals surface area contributed by atoms with Gasteiger partial charge < -0.3 is 10.4 Å². The van der Waals surface area contributed by atoms with Gasteiger partial charge in [0.1, 0.15) is 16.8 Å². The number of hydrogen-bond donors (Lipinski definition) is 2. The summed E-state index contributed by atoms with van der Waals surface area (Å²) in [7, 11) is -3.75. The van der Waals surface area contributed by atoms with Gasteiger partial charge in [0.2, 0.25) is 0 Å². The summed E-state index contributed by atoms with van der Waals surface area (Å²) in [5.74, 6) is -0.622. The predicted octanol–water partition coefficient (Wildman–Crippen LogP) is 3.35. The Kier molecular flexibility index (Phi) is 7.18. The highest BCUT2D eigenvalue weighted by atomic mass is 32.2. The zero-order chi connectivity index (χ0) is 19.9. The van der Waals surface area contributed by atoms with Crippen LogP contribution in [0.5, 0.6) is 0 Å². The molecule has 1 unspecified atom stereocenters. The van der Waals surface area contributed by atoms with Crippen molar-refractivity contribution >= 4 is 27.5 Å². The number of nitrogens with one attached hydrogen (secondary N) is 1. The first-order chi connectivity index (χ1) is 12.9. The maximum atomic E-state index is 12.9. The molecule has 0 bridgehead atoms. The number of anilines is 2. The number of para-hydroxylation sites is 1. The number of aromatic nitrogens is 1. The molecule has 1 aromatic carbocycles.